The lowest BCUT2D eigenvalue weighted by Crippen LogP contribution is -2.49. The van der Waals surface area contributed by atoms with Gasteiger partial charge < -0.3 is 9.64 Å². The Morgan fingerprint density at radius 2 is 1.52 bits per heavy atom. The summed E-state index contributed by atoms with van der Waals surface area (Å²) in [6.07, 6.45) is -4.73. The SMILES string of the molecule is COc1ccccc1N1CCN(S(=O)(=O)c2ccccc2C(F)(F)F)CC1. The van der Waals surface area contributed by atoms with Crippen LogP contribution in [-0.2, 0) is 16.2 Å². The first-order valence-corrected chi connectivity index (χ1v) is 9.73. The van der Waals surface area contributed by atoms with Crippen molar-refractivity contribution in [3.63, 3.8) is 0 Å². The molecule has 0 N–H and O–H groups in total. The molecule has 0 aromatic heterocycles. The normalized spacial score (nSPS) is 16.4. The number of benzene rings is 2. The van der Waals surface area contributed by atoms with Gasteiger partial charge in [-0.25, -0.2) is 8.42 Å². The van der Waals surface area contributed by atoms with Gasteiger partial charge in [-0.2, -0.15) is 17.5 Å². The molecule has 0 spiro atoms. The third-order valence-corrected chi connectivity index (χ3v) is 6.43. The van der Waals surface area contributed by atoms with Gasteiger partial charge >= 0.3 is 6.18 Å². The summed E-state index contributed by atoms with van der Waals surface area (Å²) in [5, 5.41) is 0. The van der Waals surface area contributed by atoms with Gasteiger partial charge in [0.25, 0.3) is 0 Å². The maximum atomic E-state index is 13.2. The molecule has 0 atom stereocenters. The smallest absolute Gasteiger partial charge is 0.417 e. The Bertz CT molecular complexity index is 908. The molecular formula is C18H19F3N2O3S. The van der Waals surface area contributed by atoms with Crippen LogP contribution in [0.4, 0.5) is 18.9 Å². The van der Waals surface area contributed by atoms with Crippen LogP contribution in [0.2, 0.25) is 0 Å². The lowest BCUT2D eigenvalue weighted by molar-refractivity contribution is -0.139. The van der Waals surface area contributed by atoms with Crippen molar-refractivity contribution < 1.29 is 26.3 Å². The predicted molar refractivity (Wildman–Crippen MR) is 95.4 cm³/mol. The van der Waals surface area contributed by atoms with Gasteiger partial charge in [0.2, 0.25) is 10.0 Å². The topological polar surface area (TPSA) is 49.9 Å². The third-order valence-electron chi connectivity index (χ3n) is 4.47. The second-order valence-electron chi connectivity index (χ2n) is 6.06. The molecule has 1 heterocycles. The summed E-state index contributed by atoms with van der Waals surface area (Å²) in [7, 11) is -2.69. The first kappa shape index (κ1) is 19.5. The number of piperazine rings is 1. The van der Waals surface area contributed by atoms with Crippen molar-refractivity contribution >= 4 is 15.7 Å². The van der Waals surface area contributed by atoms with Crippen LogP contribution < -0.4 is 9.64 Å². The molecule has 0 radical (unpaired) electrons. The number of hydrogen-bond donors (Lipinski definition) is 0. The van der Waals surface area contributed by atoms with Crippen LogP contribution in [-0.4, -0.2) is 46.0 Å². The van der Waals surface area contributed by atoms with E-state index in [0.29, 0.717) is 18.8 Å². The number of methoxy groups -OCH3 is 1. The van der Waals surface area contributed by atoms with Crippen LogP contribution in [0.15, 0.2) is 53.4 Å². The highest BCUT2D eigenvalue weighted by Gasteiger charge is 2.39. The lowest BCUT2D eigenvalue weighted by atomic mass is 10.2. The predicted octanol–water partition coefficient (Wildman–Crippen LogP) is 3.22. The van der Waals surface area contributed by atoms with Gasteiger partial charge in [0.15, 0.2) is 0 Å². The molecule has 9 heteroatoms. The summed E-state index contributed by atoms with van der Waals surface area (Å²) < 4.78 is 71.6. The maximum Gasteiger partial charge on any atom is 0.417 e. The highest BCUT2D eigenvalue weighted by Crippen LogP contribution is 2.36. The van der Waals surface area contributed by atoms with E-state index < -0.39 is 26.7 Å². The molecule has 1 aliphatic heterocycles. The van der Waals surface area contributed by atoms with Gasteiger partial charge in [0, 0.05) is 26.2 Å². The third kappa shape index (κ3) is 3.89. The van der Waals surface area contributed by atoms with Gasteiger partial charge in [0.05, 0.1) is 23.3 Å². The van der Waals surface area contributed by atoms with Gasteiger partial charge in [0.1, 0.15) is 5.75 Å². The summed E-state index contributed by atoms with van der Waals surface area (Å²) in [5.74, 6) is 0.663. The summed E-state index contributed by atoms with van der Waals surface area (Å²) in [6, 6.07) is 11.6. The molecule has 0 saturated carbocycles. The van der Waals surface area contributed by atoms with Crippen molar-refractivity contribution in [2.75, 3.05) is 38.2 Å². The Balaban J connectivity index is 1.82. The molecule has 0 unspecified atom stereocenters. The first-order chi connectivity index (χ1) is 12.7. The number of para-hydroxylation sites is 2. The number of hydrogen-bond acceptors (Lipinski definition) is 4. The van der Waals surface area contributed by atoms with E-state index in [1.54, 1.807) is 13.2 Å². The minimum Gasteiger partial charge on any atom is -0.495 e. The molecule has 27 heavy (non-hydrogen) atoms. The zero-order chi connectivity index (χ0) is 19.7. The Kier molecular flexibility index (Phi) is 5.34. The fourth-order valence-electron chi connectivity index (χ4n) is 3.13. The van der Waals surface area contributed by atoms with E-state index in [2.05, 4.69) is 0 Å². The van der Waals surface area contributed by atoms with Crippen molar-refractivity contribution in [3.8, 4) is 5.75 Å². The second-order valence-corrected chi connectivity index (χ2v) is 7.96. The minimum absolute atomic E-state index is 0.0899. The molecule has 0 bridgehead atoms. The van der Waals surface area contributed by atoms with E-state index in [4.69, 9.17) is 4.74 Å². The van der Waals surface area contributed by atoms with Crippen molar-refractivity contribution in [2.24, 2.45) is 0 Å². The number of nitrogens with zero attached hydrogens (tertiary/aromatic N) is 2. The number of halogens is 3. The highest BCUT2D eigenvalue weighted by atomic mass is 32.2. The average Bonchev–Trinajstić information content (AvgIpc) is 2.67. The molecule has 2 aromatic carbocycles. The van der Waals surface area contributed by atoms with E-state index >= 15 is 0 Å². The number of anilines is 1. The average molecular weight is 400 g/mol. The molecule has 1 saturated heterocycles. The number of alkyl halides is 3. The fourth-order valence-corrected chi connectivity index (χ4v) is 4.76. The maximum absolute atomic E-state index is 13.2. The van der Waals surface area contributed by atoms with Crippen LogP contribution in [0.5, 0.6) is 5.75 Å². The van der Waals surface area contributed by atoms with Crippen molar-refractivity contribution in [1.82, 2.24) is 4.31 Å². The summed E-state index contributed by atoms with van der Waals surface area (Å²) in [6.45, 7) is 0.890. The van der Waals surface area contributed by atoms with Gasteiger partial charge in [-0.05, 0) is 24.3 Å². The molecule has 1 fully saturated rings. The number of rotatable bonds is 4. The highest BCUT2D eigenvalue weighted by molar-refractivity contribution is 7.89. The monoisotopic (exact) mass is 400 g/mol. The van der Waals surface area contributed by atoms with E-state index in [-0.39, 0.29) is 13.1 Å². The largest absolute Gasteiger partial charge is 0.495 e. The second kappa shape index (κ2) is 7.40. The molecule has 0 aliphatic carbocycles. The van der Waals surface area contributed by atoms with E-state index in [9.17, 15) is 21.6 Å². The lowest BCUT2D eigenvalue weighted by Gasteiger charge is -2.36. The van der Waals surface area contributed by atoms with Crippen molar-refractivity contribution in [1.29, 1.82) is 0 Å². The number of ether oxygens (including phenoxy) is 1. The molecule has 0 amide bonds. The van der Waals surface area contributed by atoms with Crippen LogP contribution >= 0.6 is 0 Å². The standard InChI is InChI=1S/C18H19F3N2O3S/c1-26-16-8-4-3-7-15(16)22-10-12-23(13-11-22)27(24,25)17-9-5-2-6-14(17)18(19,20)21/h2-9H,10-13H2,1H3. The van der Waals surface area contributed by atoms with Gasteiger partial charge in [-0.3, -0.25) is 0 Å². The van der Waals surface area contributed by atoms with Gasteiger partial charge in [-0.15, -0.1) is 0 Å². The van der Waals surface area contributed by atoms with Crippen LogP contribution in [0.3, 0.4) is 0 Å². The van der Waals surface area contributed by atoms with E-state index in [1.807, 2.05) is 23.1 Å². The molecular weight excluding hydrogens is 381 g/mol. The van der Waals surface area contributed by atoms with Crippen molar-refractivity contribution in [2.45, 2.75) is 11.1 Å². The Labute approximate surface area is 156 Å². The first-order valence-electron chi connectivity index (χ1n) is 8.29. The molecule has 5 nitrogen and oxygen atoms in total. The zero-order valence-corrected chi connectivity index (χ0v) is 15.4. The van der Waals surface area contributed by atoms with E-state index in [1.165, 1.54) is 12.1 Å². The summed E-state index contributed by atoms with van der Waals surface area (Å²) in [4.78, 5) is 1.25. The van der Waals surface area contributed by atoms with Crippen LogP contribution in [0, 0.1) is 0 Å². The summed E-state index contributed by atoms with van der Waals surface area (Å²) >= 11 is 0. The van der Waals surface area contributed by atoms with Crippen molar-refractivity contribution in [3.05, 3.63) is 54.1 Å². The Morgan fingerprint density at radius 3 is 2.15 bits per heavy atom. The Hall–Kier alpha value is -2.26. The quantitative estimate of drug-likeness (QED) is 0.791. The fraction of sp³-hybridized carbons (Fsp3) is 0.333. The molecule has 1 aliphatic rings. The van der Waals surface area contributed by atoms with E-state index in [0.717, 1.165) is 22.1 Å². The van der Waals surface area contributed by atoms with Gasteiger partial charge in [-0.1, -0.05) is 24.3 Å². The number of sulfonamides is 1. The van der Waals surface area contributed by atoms with Crippen LogP contribution in [0.1, 0.15) is 5.56 Å². The molecule has 3 rings (SSSR count). The summed E-state index contributed by atoms with van der Waals surface area (Å²) in [5.41, 5.74) is -0.315. The zero-order valence-electron chi connectivity index (χ0n) is 14.6. The molecule has 2 aromatic rings. The van der Waals surface area contributed by atoms with Crippen LogP contribution in [0.25, 0.3) is 0 Å². The molecule has 146 valence electrons. The Morgan fingerprint density at radius 1 is 0.926 bits per heavy atom. The minimum atomic E-state index is -4.73.